The molecule has 0 aliphatic carbocycles. The van der Waals surface area contributed by atoms with E-state index in [1.54, 1.807) is 36.4 Å². The molecule has 1 unspecified atom stereocenters. The van der Waals surface area contributed by atoms with Gasteiger partial charge in [0.15, 0.2) is 13.2 Å². The van der Waals surface area contributed by atoms with Gasteiger partial charge in [-0.2, -0.15) is 36.3 Å². The minimum absolute atomic E-state index is 0.166. The molecule has 0 fully saturated rings. The largest absolute Gasteiger partial charge is 0.588 e. The molecule has 3 aromatic rings. The molecule has 0 saturated heterocycles. The van der Waals surface area contributed by atoms with Gasteiger partial charge in [-0.1, -0.05) is 24.3 Å². The average Bonchev–Trinajstić information content (AvgIpc) is 2.76. The molecule has 2 aromatic carbocycles. The summed E-state index contributed by atoms with van der Waals surface area (Å²) < 4.78 is 106. The Bertz CT molecular complexity index is 1050. The molecule has 3 rings (SSSR count). The van der Waals surface area contributed by atoms with Gasteiger partial charge in [-0.25, -0.2) is 4.72 Å². The van der Waals surface area contributed by atoms with E-state index in [1.807, 2.05) is 0 Å². The molecule has 0 aliphatic rings. The third-order valence-electron chi connectivity index (χ3n) is 3.69. The van der Waals surface area contributed by atoms with Gasteiger partial charge in [0.1, 0.15) is 29.2 Å². The van der Waals surface area contributed by atoms with E-state index in [9.17, 15) is 30.9 Å². The summed E-state index contributed by atoms with van der Waals surface area (Å²) in [6.45, 7) is -3.65. The number of para-hydroxylation sites is 1. The molecule has 1 aromatic heterocycles. The zero-order valence-electron chi connectivity index (χ0n) is 16.9. The summed E-state index contributed by atoms with van der Waals surface area (Å²) in [5.74, 6) is -0.887. The van der Waals surface area contributed by atoms with Gasteiger partial charge in [-0.05, 0) is 24.3 Å². The highest BCUT2D eigenvalue weighted by molar-refractivity contribution is 7.93. The molecule has 14 heteroatoms. The highest BCUT2D eigenvalue weighted by Crippen LogP contribution is 2.34. The van der Waals surface area contributed by atoms with E-state index in [4.69, 9.17) is 4.74 Å². The van der Waals surface area contributed by atoms with Crippen LogP contribution in [0.2, 0.25) is 0 Å². The quantitative estimate of drug-likeness (QED) is 0.311. The van der Waals surface area contributed by atoms with Crippen molar-refractivity contribution in [3.63, 3.8) is 0 Å². The van der Waals surface area contributed by atoms with E-state index in [1.165, 1.54) is 18.2 Å². The maximum Gasteiger partial charge on any atom is 0.422 e. The monoisotopic (exact) mass is 507 g/mol. The Morgan fingerprint density at radius 3 is 1.91 bits per heavy atom. The fraction of sp³-hybridized carbons (Fsp3) is 0.200. The lowest BCUT2D eigenvalue weighted by Gasteiger charge is -2.18. The van der Waals surface area contributed by atoms with Gasteiger partial charge >= 0.3 is 17.2 Å². The first-order chi connectivity index (χ1) is 16.0. The van der Waals surface area contributed by atoms with Crippen molar-refractivity contribution in [1.82, 2.24) is 9.97 Å². The summed E-state index contributed by atoms with van der Waals surface area (Å²) in [4.78, 5) is 6.21. The molecular weight excluding hydrogens is 492 g/mol. The van der Waals surface area contributed by atoms with E-state index < -0.39 is 53.6 Å². The van der Waals surface area contributed by atoms with Crippen LogP contribution in [-0.2, 0) is 11.4 Å². The van der Waals surface area contributed by atoms with Crippen molar-refractivity contribution in [2.75, 3.05) is 17.9 Å². The lowest BCUT2D eigenvalue weighted by Crippen LogP contribution is -2.24. The minimum atomic E-state index is -4.78. The molecule has 1 N–H and O–H groups in total. The molecule has 0 saturated carbocycles. The van der Waals surface area contributed by atoms with Crippen LogP contribution in [0.15, 0.2) is 65.8 Å². The third kappa shape index (κ3) is 7.88. The molecule has 0 spiro atoms. The number of anilines is 1. The zero-order valence-corrected chi connectivity index (χ0v) is 17.7. The van der Waals surface area contributed by atoms with Crippen molar-refractivity contribution in [2.45, 2.75) is 17.2 Å². The van der Waals surface area contributed by atoms with Gasteiger partial charge in [-0.3, -0.25) is 0 Å². The van der Waals surface area contributed by atoms with Crippen LogP contribution in [-0.4, -0.2) is 40.1 Å². The molecule has 7 nitrogen and oxygen atoms in total. The summed E-state index contributed by atoms with van der Waals surface area (Å²) in [6.07, 6.45) is -8.94. The number of ether oxygens (including phenoxy) is 3. The van der Waals surface area contributed by atoms with E-state index >= 15 is 0 Å². The fourth-order valence-corrected chi connectivity index (χ4v) is 3.40. The first kappa shape index (κ1) is 25.2. The predicted octanol–water partition coefficient (Wildman–Crippen LogP) is 5.29. The van der Waals surface area contributed by atoms with Gasteiger partial charge < -0.3 is 18.8 Å². The van der Waals surface area contributed by atoms with Crippen LogP contribution in [0.25, 0.3) is 0 Å². The topological polar surface area (TPSA) is 88.6 Å². The number of halogens is 6. The summed E-state index contributed by atoms with van der Waals surface area (Å²) in [5.41, 5.74) is 0.166. The Balaban J connectivity index is 1.85. The average molecular weight is 507 g/mol. The van der Waals surface area contributed by atoms with Crippen molar-refractivity contribution in [2.24, 2.45) is 0 Å². The Kier molecular flexibility index (Phi) is 7.94. The maximum absolute atomic E-state index is 12.9. The number of benzene rings is 2. The van der Waals surface area contributed by atoms with Gasteiger partial charge in [0.05, 0.1) is 5.69 Å². The molecule has 0 bridgehead atoms. The summed E-state index contributed by atoms with van der Waals surface area (Å²) in [7, 11) is 0. The number of hydrogen-bond acceptors (Lipinski definition) is 7. The second-order valence-electron chi connectivity index (χ2n) is 6.43. The molecule has 0 aliphatic heterocycles. The minimum Gasteiger partial charge on any atom is -0.588 e. The molecule has 182 valence electrons. The summed E-state index contributed by atoms with van der Waals surface area (Å²) >= 11 is -2.48. The number of hydrogen-bond donors (Lipinski definition) is 1. The number of nitrogens with one attached hydrogen (secondary N) is 1. The third-order valence-corrected chi connectivity index (χ3v) is 4.83. The number of aromatic nitrogens is 2. The Labute approximate surface area is 192 Å². The highest BCUT2D eigenvalue weighted by Gasteiger charge is 2.35. The lowest BCUT2D eigenvalue weighted by atomic mass is 10.3. The van der Waals surface area contributed by atoms with E-state index in [0.717, 1.165) is 0 Å². The van der Waals surface area contributed by atoms with Crippen LogP contribution in [0.3, 0.4) is 0 Å². The van der Waals surface area contributed by atoms with Crippen molar-refractivity contribution in [3.8, 4) is 23.3 Å². The smallest absolute Gasteiger partial charge is 0.422 e. The van der Waals surface area contributed by atoms with Crippen molar-refractivity contribution in [1.29, 1.82) is 0 Å². The predicted molar refractivity (Wildman–Crippen MR) is 108 cm³/mol. The number of alkyl halides is 6. The number of rotatable bonds is 9. The van der Waals surface area contributed by atoms with Gasteiger partial charge in [0.2, 0.25) is 0 Å². The van der Waals surface area contributed by atoms with Crippen LogP contribution in [0.4, 0.5) is 32.0 Å². The Hall–Kier alpha value is -3.39. The highest BCUT2D eigenvalue weighted by atomic mass is 32.2. The standard InChI is InChI=1S/C20H15F6N3O4S/c21-19(22,23)10-31-17-16(18(28-12-27-17)32-11-20(24,25)26)34(30)29-13-5-4-8-15(9-13)33-14-6-2-1-3-7-14/h1-9,12,29H,10-11H2. The SMILES string of the molecule is [O-][S+](Nc1cccc(Oc2ccccc2)c1)c1c(OCC(F)(F)F)ncnc1OCC(F)(F)F. The van der Waals surface area contributed by atoms with Crippen LogP contribution >= 0.6 is 0 Å². The first-order valence-electron chi connectivity index (χ1n) is 9.26. The lowest BCUT2D eigenvalue weighted by molar-refractivity contribution is -0.155. The van der Waals surface area contributed by atoms with Crippen molar-refractivity contribution >= 4 is 17.0 Å². The molecule has 0 radical (unpaired) electrons. The first-order valence-corrected chi connectivity index (χ1v) is 10.4. The van der Waals surface area contributed by atoms with Gasteiger partial charge in [0.25, 0.3) is 11.8 Å². The molecular formula is C20H15F6N3O4S. The Morgan fingerprint density at radius 1 is 0.794 bits per heavy atom. The fourth-order valence-electron chi connectivity index (χ4n) is 2.41. The zero-order chi connectivity index (χ0) is 24.8. The Morgan fingerprint density at radius 2 is 1.35 bits per heavy atom. The van der Waals surface area contributed by atoms with Crippen molar-refractivity contribution in [3.05, 3.63) is 60.9 Å². The summed E-state index contributed by atoms with van der Waals surface area (Å²) in [6, 6.07) is 14.6. The van der Waals surface area contributed by atoms with Gasteiger partial charge in [0, 0.05) is 6.07 Å². The molecule has 34 heavy (non-hydrogen) atoms. The van der Waals surface area contributed by atoms with Gasteiger partial charge in [-0.15, -0.1) is 0 Å². The van der Waals surface area contributed by atoms with Crippen molar-refractivity contribution < 1.29 is 45.1 Å². The van der Waals surface area contributed by atoms with Crippen LogP contribution in [0.1, 0.15) is 0 Å². The van der Waals surface area contributed by atoms with Crippen LogP contribution in [0, 0.1) is 0 Å². The van der Waals surface area contributed by atoms with E-state index in [-0.39, 0.29) is 5.69 Å². The second kappa shape index (κ2) is 10.7. The molecule has 0 amide bonds. The molecule has 1 heterocycles. The van der Waals surface area contributed by atoms with E-state index in [0.29, 0.717) is 17.8 Å². The molecule has 1 atom stereocenters. The van der Waals surface area contributed by atoms with Crippen LogP contribution in [0.5, 0.6) is 23.3 Å². The van der Waals surface area contributed by atoms with E-state index in [2.05, 4.69) is 24.2 Å². The summed E-state index contributed by atoms with van der Waals surface area (Å²) in [5, 5.41) is 0. The second-order valence-corrected chi connectivity index (χ2v) is 7.58. The maximum atomic E-state index is 12.9. The number of nitrogens with zero attached hydrogens (tertiary/aromatic N) is 2. The normalized spacial score (nSPS) is 12.7. The van der Waals surface area contributed by atoms with Crippen LogP contribution < -0.4 is 18.9 Å².